The van der Waals surface area contributed by atoms with E-state index < -0.39 is 10.0 Å². The number of ether oxygens (including phenoxy) is 1. The Balaban J connectivity index is 1.98. The fraction of sp³-hybridized carbons (Fsp3) is 0.0556. The first kappa shape index (κ1) is 16.9. The van der Waals surface area contributed by atoms with Gasteiger partial charge >= 0.3 is 0 Å². The molecule has 3 rings (SSSR count). The van der Waals surface area contributed by atoms with Crippen molar-refractivity contribution in [1.29, 1.82) is 0 Å². The molecule has 0 saturated carbocycles. The van der Waals surface area contributed by atoms with E-state index in [0.29, 0.717) is 11.3 Å². The fourth-order valence-corrected chi connectivity index (χ4v) is 3.32. The van der Waals surface area contributed by atoms with Gasteiger partial charge in [-0.05, 0) is 35.0 Å². The van der Waals surface area contributed by atoms with E-state index in [1.165, 1.54) is 19.2 Å². The molecule has 0 atom stereocenters. The molecule has 3 aromatic rings. The maximum Gasteiger partial charge on any atom is 0.256 e. The highest BCUT2D eigenvalue weighted by Gasteiger charge is 2.17. The zero-order chi connectivity index (χ0) is 18.0. The lowest BCUT2D eigenvalue weighted by Gasteiger charge is -2.11. The number of anilines is 1. The summed E-state index contributed by atoms with van der Waals surface area (Å²) >= 11 is 0. The van der Waals surface area contributed by atoms with E-state index in [-0.39, 0.29) is 16.6 Å². The van der Waals surface area contributed by atoms with Crippen LogP contribution in [0.15, 0.2) is 65.6 Å². The Kier molecular flexibility index (Phi) is 4.43. The van der Waals surface area contributed by atoms with Crippen molar-refractivity contribution < 1.29 is 17.9 Å². The number of carbonyl (C=O) groups is 1. The van der Waals surface area contributed by atoms with E-state index in [4.69, 9.17) is 9.88 Å². The van der Waals surface area contributed by atoms with Crippen molar-refractivity contribution in [3.8, 4) is 5.75 Å². The molecule has 6 nitrogen and oxygen atoms in total. The van der Waals surface area contributed by atoms with Crippen LogP contribution in [0.3, 0.4) is 0 Å². The summed E-state index contributed by atoms with van der Waals surface area (Å²) in [4.78, 5) is 12.4. The number of amides is 1. The van der Waals surface area contributed by atoms with E-state index in [0.717, 1.165) is 10.8 Å². The summed E-state index contributed by atoms with van der Waals surface area (Å²) in [6.45, 7) is 0. The second-order valence-corrected chi connectivity index (χ2v) is 6.92. The number of methoxy groups -OCH3 is 1. The van der Waals surface area contributed by atoms with Gasteiger partial charge in [0.1, 0.15) is 10.6 Å². The van der Waals surface area contributed by atoms with Crippen LogP contribution in [0, 0.1) is 0 Å². The molecule has 0 saturated heterocycles. The van der Waals surface area contributed by atoms with Gasteiger partial charge in [0.2, 0.25) is 10.0 Å². The molecule has 128 valence electrons. The lowest BCUT2D eigenvalue weighted by atomic mass is 10.0. The van der Waals surface area contributed by atoms with Gasteiger partial charge in [0.05, 0.1) is 7.11 Å². The summed E-state index contributed by atoms with van der Waals surface area (Å²) in [7, 11) is -2.63. The van der Waals surface area contributed by atoms with Crippen molar-refractivity contribution in [2.75, 3.05) is 12.4 Å². The molecule has 1 amide bonds. The highest BCUT2D eigenvalue weighted by Crippen LogP contribution is 2.27. The molecule has 3 aromatic carbocycles. The number of hydrogen-bond acceptors (Lipinski definition) is 4. The quantitative estimate of drug-likeness (QED) is 0.751. The summed E-state index contributed by atoms with van der Waals surface area (Å²) in [5.41, 5.74) is 0.800. The van der Waals surface area contributed by atoms with Gasteiger partial charge in [0, 0.05) is 11.3 Å². The van der Waals surface area contributed by atoms with Gasteiger partial charge in [0.15, 0.2) is 0 Å². The molecular weight excluding hydrogens is 340 g/mol. The second-order valence-electron chi connectivity index (χ2n) is 5.39. The molecule has 0 bridgehead atoms. The van der Waals surface area contributed by atoms with E-state index in [9.17, 15) is 13.2 Å². The maximum absolute atomic E-state index is 12.6. The molecule has 0 unspecified atom stereocenters. The van der Waals surface area contributed by atoms with E-state index in [1.54, 1.807) is 18.2 Å². The number of sulfonamides is 1. The Labute approximate surface area is 145 Å². The van der Waals surface area contributed by atoms with Crippen LogP contribution < -0.4 is 15.2 Å². The van der Waals surface area contributed by atoms with Gasteiger partial charge in [0.25, 0.3) is 5.91 Å². The van der Waals surface area contributed by atoms with Gasteiger partial charge in [-0.2, -0.15) is 0 Å². The van der Waals surface area contributed by atoms with Crippen LogP contribution in [0.2, 0.25) is 0 Å². The Morgan fingerprint density at radius 3 is 2.48 bits per heavy atom. The Bertz CT molecular complexity index is 1060. The Morgan fingerprint density at radius 1 is 1.04 bits per heavy atom. The molecule has 7 heteroatoms. The third-order valence-electron chi connectivity index (χ3n) is 3.76. The first-order valence-corrected chi connectivity index (χ1v) is 8.95. The Morgan fingerprint density at radius 2 is 1.76 bits per heavy atom. The highest BCUT2D eigenvalue weighted by atomic mass is 32.2. The number of benzene rings is 3. The molecule has 0 aromatic heterocycles. The number of primary sulfonamides is 1. The molecular formula is C18H16N2O4S. The minimum absolute atomic E-state index is 0.116. The van der Waals surface area contributed by atoms with Crippen LogP contribution in [0.4, 0.5) is 5.69 Å². The molecule has 0 aliphatic carbocycles. The van der Waals surface area contributed by atoms with Crippen molar-refractivity contribution in [1.82, 2.24) is 0 Å². The van der Waals surface area contributed by atoms with Crippen molar-refractivity contribution in [2.24, 2.45) is 5.14 Å². The second kappa shape index (κ2) is 6.54. The van der Waals surface area contributed by atoms with Crippen molar-refractivity contribution in [3.05, 3.63) is 66.2 Å². The largest absolute Gasteiger partial charge is 0.495 e. The predicted octanol–water partition coefficient (Wildman–Crippen LogP) is 2.75. The number of carbonyl (C=O) groups excluding carboxylic acids is 1. The first-order chi connectivity index (χ1) is 11.9. The summed E-state index contributed by atoms with van der Waals surface area (Å²) in [5.74, 6) is -0.229. The monoisotopic (exact) mass is 356 g/mol. The molecule has 25 heavy (non-hydrogen) atoms. The Hall–Kier alpha value is -2.90. The average molecular weight is 356 g/mol. The number of fused-ring (bicyclic) bond motifs is 1. The number of nitrogens with two attached hydrogens (primary N) is 1. The van der Waals surface area contributed by atoms with Crippen LogP contribution >= 0.6 is 0 Å². The summed E-state index contributed by atoms with van der Waals surface area (Å²) < 4.78 is 28.4. The maximum atomic E-state index is 12.6. The van der Waals surface area contributed by atoms with Crippen LogP contribution in [0.1, 0.15) is 10.4 Å². The molecule has 0 heterocycles. The van der Waals surface area contributed by atoms with Gasteiger partial charge in [-0.1, -0.05) is 36.4 Å². The lowest BCUT2D eigenvalue weighted by Crippen LogP contribution is -2.16. The van der Waals surface area contributed by atoms with Crippen LogP contribution in [0.25, 0.3) is 10.8 Å². The van der Waals surface area contributed by atoms with Crippen LogP contribution in [-0.2, 0) is 10.0 Å². The molecule has 0 spiro atoms. The van der Waals surface area contributed by atoms with Gasteiger partial charge in [-0.3, -0.25) is 4.79 Å². The molecule has 0 radical (unpaired) electrons. The topological polar surface area (TPSA) is 98.5 Å². The third kappa shape index (κ3) is 3.47. The normalized spacial score (nSPS) is 11.3. The molecule has 3 N–H and O–H groups in total. The van der Waals surface area contributed by atoms with Crippen molar-refractivity contribution in [3.63, 3.8) is 0 Å². The number of rotatable bonds is 4. The molecule has 0 fully saturated rings. The summed E-state index contributed by atoms with van der Waals surface area (Å²) in [5, 5.41) is 9.65. The summed E-state index contributed by atoms with van der Waals surface area (Å²) in [6, 6.07) is 17.2. The van der Waals surface area contributed by atoms with E-state index in [1.807, 2.05) is 30.3 Å². The van der Waals surface area contributed by atoms with Gasteiger partial charge in [-0.25, -0.2) is 13.6 Å². The van der Waals surface area contributed by atoms with E-state index in [2.05, 4.69) is 5.32 Å². The smallest absolute Gasteiger partial charge is 0.256 e. The van der Waals surface area contributed by atoms with Crippen molar-refractivity contribution in [2.45, 2.75) is 4.90 Å². The van der Waals surface area contributed by atoms with Crippen LogP contribution in [-0.4, -0.2) is 21.4 Å². The minimum atomic E-state index is -3.98. The third-order valence-corrected chi connectivity index (χ3v) is 4.69. The molecule has 0 aliphatic rings. The minimum Gasteiger partial charge on any atom is -0.495 e. The SMILES string of the molecule is COc1ccc(NC(=O)c2cccc3ccccc23)cc1S(N)(=O)=O. The standard InChI is InChI=1S/C18H16N2O4S/c1-24-16-10-9-13(11-17(16)25(19,22)23)20-18(21)15-8-4-6-12-5-2-3-7-14(12)15/h2-11H,1H3,(H,20,21)(H2,19,22,23). The number of hydrogen-bond donors (Lipinski definition) is 2. The van der Waals surface area contributed by atoms with Gasteiger partial charge in [-0.15, -0.1) is 0 Å². The lowest BCUT2D eigenvalue weighted by molar-refractivity contribution is 0.102. The van der Waals surface area contributed by atoms with Crippen molar-refractivity contribution >= 4 is 32.4 Å². The highest BCUT2D eigenvalue weighted by molar-refractivity contribution is 7.89. The summed E-state index contributed by atoms with van der Waals surface area (Å²) in [6.07, 6.45) is 0. The zero-order valence-corrected chi connectivity index (χ0v) is 14.2. The first-order valence-electron chi connectivity index (χ1n) is 7.40. The number of nitrogens with one attached hydrogen (secondary N) is 1. The zero-order valence-electron chi connectivity index (χ0n) is 13.4. The van der Waals surface area contributed by atoms with E-state index >= 15 is 0 Å². The average Bonchev–Trinajstić information content (AvgIpc) is 2.60. The fourth-order valence-electron chi connectivity index (χ4n) is 2.60. The molecule has 0 aliphatic heterocycles. The van der Waals surface area contributed by atoms with Gasteiger partial charge < -0.3 is 10.1 Å². The predicted molar refractivity (Wildman–Crippen MR) is 96.3 cm³/mol. The van der Waals surface area contributed by atoms with Crippen LogP contribution in [0.5, 0.6) is 5.75 Å².